The van der Waals surface area contributed by atoms with Crippen molar-refractivity contribution in [2.24, 2.45) is 0 Å². The number of benzene rings is 2. The van der Waals surface area contributed by atoms with E-state index in [4.69, 9.17) is 21.1 Å². The lowest BCUT2D eigenvalue weighted by molar-refractivity contribution is 0.102. The van der Waals surface area contributed by atoms with Gasteiger partial charge in [-0.15, -0.1) is 0 Å². The Morgan fingerprint density at radius 1 is 1.26 bits per heavy atom. The van der Waals surface area contributed by atoms with Crippen LogP contribution in [0, 0.1) is 6.92 Å². The van der Waals surface area contributed by atoms with Crippen LogP contribution in [0.2, 0.25) is 5.02 Å². The largest absolute Gasteiger partial charge is 0.454 e. The van der Waals surface area contributed by atoms with Crippen LogP contribution in [0.15, 0.2) is 30.3 Å². The summed E-state index contributed by atoms with van der Waals surface area (Å²) in [4.78, 5) is 12.6. The van der Waals surface area contributed by atoms with E-state index < -0.39 is 0 Å². The lowest BCUT2D eigenvalue weighted by Crippen LogP contribution is -2.15. The molecule has 23 heavy (non-hydrogen) atoms. The third-order valence-electron chi connectivity index (χ3n) is 3.85. The first-order valence-corrected chi connectivity index (χ1v) is 7.85. The molecule has 0 bridgehead atoms. The molecule has 0 spiro atoms. The summed E-state index contributed by atoms with van der Waals surface area (Å²) in [6.07, 6.45) is 0. The topological polar surface area (TPSA) is 47.6 Å². The Kier molecular flexibility index (Phi) is 4.18. The van der Waals surface area contributed by atoms with Crippen molar-refractivity contribution in [2.75, 3.05) is 12.1 Å². The number of ether oxygens (including phenoxy) is 2. The zero-order valence-electron chi connectivity index (χ0n) is 13.3. The molecule has 2 aromatic carbocycles. The molecular weight excluding hydrogens is 314 g/mol. The first-order valence-electron chi connectivity index (χ1n) is 7.47. The summed E-state index contributed by atoms with van der Waals surface area (Å²) in [6.45, 7) is 6.30. The molecule has 4 nitrogen and oxygen atoms in total. The maximum Gasteiger partial charge on any atom is 0.255 e. The van der Waals surface area contributed by atoms with Crippen molar-refractivity contribution in [3.8, 4) is 11.5 Å². The van der Waals surface area contributed by atoms with Crippen molar-refractivity contribution in [1.29, 1.82) is 0 Å². The zero-order chi connectivity index (χ0) is 16.6. The van der Waals surface area contributed by atoms with E-state index in [9.17, 15) is 4.79 Å². The minimum Gasteiger partial charge on any atom is -0.454 e. The highest BCUT2D eigenvalue weighted by Gasteiger charge is 2.21. The number of para-hydroxylation sites is 1. The van der Waals surface area contributed by atoms with Crippen molar-refractivity contribution in [2.45, 2.75) is 26.7 Å². The average molecular weight is 332 g/mol. The Labute approximate surface area is 140 Å². The third-order valence-corrected chi connectivity index (χ3v) is 4.14. The van der Waals surface area contributed by atoms with Crippen molar-refractivity contribution in [3.63, 3.8) is 0 Å². The van der Waals surface area contributed by atoms with Crippen LogP contribution < -0.4 is 14.8 Å². The molecule has 2 aromatic rings. The van der Waals surface area contributed by atoms with Gasteiger partial charge in [-0.05, 0) is 36.1 Å². The monoisotopic (exact) mass is 331 g/mol. The highest BCUT2D eigenvalue weighted by Crippen LogP contribution is 2.40. The van der Waals surface area contributed by atoms with Crippen LogP contribution in [0.5, 0.6) is 11.5 Å². The first kappa shape index (κ1) is 15.7. The van der Waals surface area contributed by atoms with Gasteiger partial charge in [0, 0.05) is 11.3 Å². The Balaban J connectivity index is 1.93. The van der Waals surface area contributed by atoms with Gasteiger partial charge in [0.2, 0.25) is 6.79 Å². The van der Waals surface area contributed by atoms with Gasteiger partial charge in [0.15, 0.2) is 11.5 Å². The van der Waals surface area contributed by atoms with Gasteiger partial charge in [0.1, 0.15) is 0 Å². The summed E-state index contributed by atoms with van der Waals surface area (Å²) < 4.78 is 10.6. The summed E-state index contributed by atoms with van der Waals surface area (Å²) in [5.74, 6) is 1.07. The van der Waals surface area contributed by atoms with E-state index in [1.807, 2.05) is 25.1 Å². The van der Waals surface area contributed by atoms with Gasteiger partial charge in [-0.2, -0.15) is 0 Å². The molecule has 0 radical (unpaired) electrons. The van der Waals surface area contributed by atoms with E-state index >= 15 is 0 Å². The maximum absolute atomic E-state index is 12.6. The molecule has 0 fully saturated rings. The normalized spacial score (nSPS) is 12.6. The minimum atomic E-state index is -0.221. The Morgan fingerprint density at radius 2 is 2.04 bits per heavy atom. The number of nitrogens with one attached hydrogen (secondary N) is 1. The minimum absolute atomic E-state index is 0.120. The van der Waals surface area contributed by atoms with Gasteiger partial charge in [0.05, 0.1) is 5.02 Å². The SMILES string of the molecule is Cc1cccc(C(C)C)c1NC(=O)c1cc(Cl)c2c(c1)OCO2. The Hall–Kier alpha value is -2.20. The summed E-state index contributed by atoms with van der Waals surface area (Å²) in [5, 5.41) is 3.37. The lowest BCUT2D eigenvalue weighted by atomic mass is 9.98. The summed E-state index contributed by atoms with van der Waals surface area (Å²) in [5.41, 5.74) is 3.42. The van der Waals surface area contributed by atoms with Crippen molar-refractivity contribution >= 4 is 23.2 Å². The molecule has 5 heteroatoms. The molecule has 120 valence electrons. The average Bonchev–Trinajstić information content (AvgIpc) is 2.98. The molecule has 1 aliphatic heterocycles. The summed E-state index contributed by atoms with van der Waals surface area (Å²) >= 11 is 6.15. The van der Waals surface area contributed by atoms with Gasteiger partial charge in [-0.1, -0.05) is 43.6 Å². The Morgan fingerprint density at radius 3 is 2.78 bits per heavy atom. The third kappa shape index (κ3) is 2.99. The van der Waals surface area contributed by atoms with Crippen LogP contribution in [0.1, 0.15) is 41.3 Å². The predicted molar refractivity (Wildman–Crippen MR) is 90.8 cm³/mol. The maximum atomic E-state index is 12.6. The Bertz CT molecular complexity index is 771. The van der Waals surface area contributed by atoms with Crippen LogP contribution in [-0.4, -0.2) is 12.7 Å². The number of carbonyl (C=O) groups is 1. The molecule has 0 saturated heterocycles. The highest BCUT2D eigenvalue weighted by molar-refractivity contribution is 6.32. The molecule has 0 saturated carbocycles. The van der Waals surface area contributed by atoms with Gasteiger partial charge in [-0.25, -0.2) is 0 Å². The number of hydrogen-bond donors (Lipinski definition) is 1. The summed E-state index contributed by atoms with van der Waals surface area (Å²) in [6, 6.07) is 9.25. The molecule has 0 atom stereocenters. The second kappa shape index (κ2) is 6.13. The van der Waals surface area contributed by atoms with Gasteiger partial charge in [-0.3, -0.25) is 4.79 Å². The fourth-order valence-corrected chi connectivity index (χ4v) is 2.89. The standard InChI is InChI=1S/C18H18ClNO3/c1-10(2)13-6-4-5-11(3)16(13)20-18(21)12-7-14(19)17-15(8-12)22-9-23-17/h4-8,10H,9H2,1-3H3,(H,20,21). The second-order valence-electron chi connectivity index (χ2n) is 5.84. The van der Waals surface area contributed by atoms with E-state index in [-0.39, 0.29) is 12.7 Å². The molecule has 3 rings (SSSR count). The van der Waals surface area contributed by atoms with E-state index in [2.05, 4.69) is 19.2 Å². The molecule has 1 N–H and O–H groups in total. The van der Waals surface area contributed by atoms with Gasteiger partial charge in [0.25, 0.3) is 5.91 Å². The molecule has 0 aromatic heterocycles. The zero-order valence-corrected chi connectivity index (χ0v) is 14.0. The molecule has 1 amide bonds. The number of amides is 1. The number of hydrogen-bond acceptors (Lipinski definition) is 3. The number of rotatable bonds is 3. The molecule has 0 aliphatic carbocycles. The molecule has 1 heterocycles. The van der Waals surface area contributed by atoms with Gasteiger partial charge < -0.3 is 14.8 Å². The van der Waals surface area contributed by atoms with Crippen molar-refractivity contribution in [1.82, 2.24) is 0 Å². The smallest absolute Gasteiger partial charge is 0.255 e. The van der Waals surface area contributed by atoms with E-state index in [0.29, 0.717) is 28.0 Å². The van der Waals surface area contributed by atoms with Gasteiger partial charge >= 0.3 is 0 Å². The lowest BCUT2D eigenvalue weighted by Gasteiger charge is -2.16. The molecule has 1 aliphatic rings. The summed E-state index contributed by atoms with van der Waals surface area (Å²) in [7, 11) is 0. The highest BCUT2D eigenvalue weighted by atomic mass is 35.5. The number of aryl methyl sites for hydroxylation is 1. The molecule has 0 unspecified atom stereocenters. The quantitative estimate of drug-likeness (QED) is 0.882. The van der Waals surface area contributed by atoms with E-state index in [0.717, 1.165) is 16.8 Å². The van der Waals surface area contributed by atoms with Crippen LogP contribution >= 0.6 is 11.6 Å². The number of fused-ring (bicyclic) bond motifs is 1. The van der Waals surface area contributed by atoms with E-state index in [1.165, 1.54) is 0 Å². The number of carbonyl (C=O) groups excluding carboxylic acids is 1. The fraction of sp³-hybridized carbons (Fsp3) is 0.278. The number of halogens is 1. The van der Waals surface area contributed by atoms with E-state index in [1.54, 1.807) is 12.1 Å². The van der Waals surface area contributed by atoms with Crippen LogP contribution in [-0.2, 0) is 0 Å². The van der Waals surface area contributed by atoms with Crippen LogP contribution in [0.3, 0.4) is 0 Å². The van der Waals surface area contributed by atoms with Crippen molar-refractivity contribution < 1.29 is 14.3 Å². The van der Waals surface area contributed by atoms with Crippen molar-refractivity contribution in [3.05, 3.63) is 52.0 Å². The molecular formula is C18H18ClNO3. The number of anilines is 1. The van der Waals surface area contributed by atoms with Crippen LogP contribution in [0.4, 0.5) is 5.69 Å². The second-order valence-corrected chi connectivity index (χ2v) is 6.25. The fourth-order valence-electron chi connectivity index (χ4n) is 2.63. The predicted octanol–water partition coefficient (Wildman–Crippen LogP) is 4.75. The van der Waals surface area contributed by atoms with Crippen LogP contribution in [0.25, 0.3) is 0 Å². The first-order chi connectivity index (χ1) is 11.0.